The Kier molecular flexibility index (Phi) is 3.13. The molecule has 2 rings (SSSR count). The molecule has 14 heavy (non-hydrogen) atoms. The Morgan fingerprint density at radius 2 is 2.36 bits per heavy atom. The molecule has 1 heterocycles. The first kappa shape index (κ1) is 10.1. The van der Waals surface area contributed by atoms with Crippen LogP contribution in [0.15, 0.2) is 27.7 Å². The first-order chi connectivity index (χ1) is 6.77. The van der Waals surface area contributed by atoms with E-state index in [0.717, 1.165) is 27.6 Å². The van der Waals surface area contributed by atoms with Crippen LogP contribution in [0.4, 0.5) is 5.69 Å². The molecule has 0 radical (unpaired) electrons. The number of rotatable bonds is 1. The predicted molar refractivity (Wildman–Crippen MR) is 67.3 cm³/mol. The predicted octanol–water partition coefficient (Wildman–Crippen LogP) is 3.27. The second-order valence-electron chi connectivity index (χ2n) is 3.07. The molecule has 0 aliphatic carbocycles. The van der Waals surface area contributed by atoms with Crippen LogP contribution in [-0.4, -0.2) is 17.5 Å². The molecule has 1 aliphatic rings. The van der Waals surface area contributed by atoms with Crippen LogP contribution in [0.5, 0.6) is 0 Å². The van der Waals surface area contributed by atoms with E-state index in [1.807, 2.05) is 12.1 Å². The zero-order chi connectivity index (χ0) is 9.97. The molecule has 1 aromatic rings. The number of hydrogen-bond acceptors (Lipinski definition) is 3. The molecule has 1 aliphatic heterocycles. The molecule has 74 valence electrons. The summed E-state index contributed by atoms with van der Waals surface area (Å²) in [7, 11) is 0. The van der Waals surface area contributed by atoms with Crippen molar-refractivity contribution in [1.82, 2.24) is 0 Å². The van der Waals surface area contributed by atoms with Crippen molar-refractivity contribution in [2.45, 2.75) is 6.92 Å². The number of anilines is 1. The summed E-state index contributed by atoms with van der Waals surface area (Å²) >= 11 is 5.28. The van der Waals surface area contributed by atoms with Crippen LogP contribution < -0.4 is 5.32 Å². The molecule has 1 aromatic carbocycles. The van der Waals surface area contributed by atoms with Crippen molar-refractivity contribution in [3.05, 3.63) is 28.2 Å². The van der Waals surface area contributed by atoms with Crippen LogP contribution in [0.2, 0.25) is 0 Å². The quantitative estimate of drug-likeness (QED) is 0.847. The molecule has 0 saturated carbocycles. The summed E-state index contributed by atoms with van der Waals surface area (Å²) < 4.78 is 1.13. The first-order valence-electron chi connectivity index (χ1n) is 4.47. The van der Waals surface area contributed by atoms with E-state index in [-0.39, 0.29) is 0 Å². The Hall–Kier alpha value is -0.480. The molecular weight excluding hydrogens is 260 g/mol. The number of amidine groups is 1. The molecule has 2 nitrogen and oxygen atoms in total. The molecule has 0 bridgehead atoms. The maximum Gasteiger partial charge on any atom is 0.161 e. The van der Waals surface area contributed by atoms with Gasteiger partial charge < -0.3 is 5.32 Å². The molecule has 1 N–H and O–H groups in total. The highest BCUT2D eigenvalue weighted by molar-refractivity contribution is 9.10. The lowest BCUT2D eigenvalue weighted by Crippen LogP contribution is -2.06. The average Bonchev–Trinajstić information content (AvgIpc) is 2.66. The molecule has 0 fully saturated rings. The van der Waals surface area contributed by atoms with Gasteiger partial charge in [-0.3, -0.25) is 4.99 Å². The molecule has 0 saturated heterocycles. The fraction of sp³-hybridized carbons (Fsp3) is 0.300. The minimum absolute atomic E-state index is 0.931. The molecule has 0 unspecified atom stereocenters. The largest absolute Gasteiger partial charge is 0.335 e. The normalized spacial score (nSPS) is 15.4. The van der Waals surface area contributed by atoms with Crippen LogP contribution >= 0.6 is 27.7 Å². The molecule has 0 spiro atoms. The molecular formula is C10H11BrN2S. The lowest BCUT2D eigenvalue weighted by molar-refractivity contribution is 1.17. The number of thioether (sulfide) groups is 1. The van der Waals surface area contributed by atoms with E-state index in [0.29, 0.717) is 0 Å². The number of nitrogens with one attached hydrogen (secondary N) is 1. The summed E-state index contributed by atoms with van der Waals surface area (Å²) in [5.74, 6) is 1.09. The number of halogens is 1. The van der Waals surface area contributed by atoms with Crippen molar-refractivity contribution in [2.75, 3.05) is 17.6 Å². The summed E-state index contributed by atoms with van der Waals surface area (Å²) in [6, 6.07) is 6.14. The standard InChI is InChI=1S/C10H11BrN2S/c1-7-8(11)3-2-4-9(7)13-10-12-5-6-14-10/h2-4H,5-6H2,1H3,(H,12,13). The number of hydrogen-bond donors (Lipinski definition) is 1. The van der Waals surface area contributed by atoms with Crippen LogP contribution in [0.25, 0.3) is 0 Å². The minimum Gasteiger partial charge on any atom is -0.335 e. The van der Waals surface area contributed by atoms with Crippen LogP contribution in [0, 0.1) is 6.92 Å². The Morgan fingerprint density at radius 3 is 3.07 bits per heavy atom. The maximum atomic E-state index is 4.35. The second-order valence-corrected chi connectivity index (χ2v) is 5.01. The fourth-order valence-corrected chi connectivity index (χ4v) is 2.38. The fourth-order valence-electron chi connectivity index (χ4n) is 1.27. The molecule has 0 amide bonds. The van der Waals surface area contributed by atoms with Crippen LogP contribution in [0.1, 0.15) is 5.56 Å². The zero-order valence-corrected chi connectivity index (χ0v) is 10.3. The van der Waals surface area contributed by atoms with Gasteiger partial charge in [0.05, 0.1) is 6.54 Å². The lowest BCUT2D eigenvalue weighted by Gasteiger charge is -2.09. The van der Waals surface area contributed by atoms with E-state index in [2.05, 4.69) is 39.2 Å². The van der Waals surface area contributed by atoms with Gasteiger partial charge in [-0.05, 0) is 24.6 Å². The SMILES string of the molecule is Cc1c(Br)cccc1NC1=NCCS1. The molecule has 0 aromatic heterocycles. The summed E-state index contributed by atoms with van der Waals surface area (Å²) in [6.45, 7) is 3.02. The molecule has 4 heteroatoms. The first-order valence-corrected chi connectivity index (χ1v) is 6.24. The summed E-state index contributed by atoms with van der Waals surface area (Å²) in [4.78, 5) is 4.35. The van der Waals surface area contributed by atoms with Crippen molar-refractivity contribution in [1.29, 1.82) is 0 Å². The second kappa shape index (κ2) is 4.36. The third-order valence-electron chi connectivity index (χ3n) is 2.09. The van der Waals surface area contributed by atoms with E-state index in [1.54, 1.807) is 11.8 Å². The van der Waals surface area contributed by atoms with Gasteiger partial charge in [0, 0.05) is 15.9 Å². The van der Waals surface area contributed by atoms with E-state index < -0.39 is 0 Å². The van der Waals surface area contributed by atoms with Crippen molar-refractivity contribution in [3.63, 3.8) is 0 Å². The van der Waals surface area contributed by atoms with Gasteiger partial charge in [-0.15, -0.1) is 0 Å². The van der Waals surface area contributed by atoms with E-state index in [1.165, 1.54) is 5.56 Å². The van der Waals surface area contributed by atoms with Crippen LogP contribution in [0.3, 0.4) is 0 Å². The number of nitrogens with zero attached hydrogens (tertiary/aromatic N) is 1. The average molecular weight is 271 g/mol. The maximum absolute atomic E-state index is 4.35. The Balaban J connectivity index is 2.20. The van der Waals surface area contributed by atoms with Gasteiger partial charge in [-0.1, -0.05) is 33.8 Å². The van der Waals surface area contributed by atoms with Gasteiger partial charge in [0.1, 0.15) is 0 Å². The van der Waals surface area contributed by atoms with E-state index >= 15 is 0 Å². The zero-order valence-electron chi connectivity index (χ0n) is 7.88. The summed E-state index contributed by atoms with van der Waals surface area (Å²) in [5.41, 5.74) is 2.36. The van der Waals surface area contributed by atoms with Gasteiger partial charge in [0.25, 0.3) is 0 Å². The van der Waals surface area contributed by atoms with E-state index in [9.17, 15) is 0 Å². The number of aliphatic imine (C=N–C) groups is 1. The molecule has 0 atom stereocenters. The van der Waals surface area contributed by atoms with Gasteiger partial charge >= 0.3 is 0 Å². The number of benzene rings is 1. The lowest BCUT2D eigenvalue weighted by atomic mass is 10.2. The highest BCUT2D eigenvalue weighted by atomic mass is 79.9. The topological polar surface area (TPSA) is 24.4 Å². The van der Waals surface area contributed by atoms with Gasteiger partial charge in [0.15, 0.2) is 5.17 Å². The Bertz CT molecular complexity index is 376. The smallest absolute Gasteiger partial charge is 0.161 e. The Labute approximate surface area is 96.3 Å². The summed E-state index contributed by atoms with van der Waals surface area (Å²) in [6.07, 6.45) is 0. The highest BCUT2D eigenvalue weighted by Gasteiger charge is 2.08. The third kappa shape index (κ3) is 2.12. The minimum atomic E-state index is 0.931. The van der Waals surface area contributed by atoms with E-state index in [4.69, 9.17) is 0 Å². The third-order valence-corrected chi connectivity index (χ3v) is 3.85. The monoisotopic (exact) mass is 270 g/mol. The van der Waals surface area contributed by atoms with Crippen molar-refractivity contribution in [2.24, 2.45) is 4.99 Å². The van der Waals surface area contributed by atoms with Crippen molar-refractivity contribution >= 4 is 38.5 Å². The van der Waals surface area contributed by atoms with Crippen molar-refractivity contribution < 1.29 is 0 Å². The Morgan fingerprint density at radius 1 is 1.50 bits per heavy atom. The van der Waals surface area contributed by atoms with Gasteiger partial charge in [-0.25, -0.2) is 0 Å². The van der Waals surface area contributed by atoms with Gasteiger partial charge in [-0.2, -0.15) is 0 Å². The van der Waals surface area contributed by atoms with Gasteiger partial charge in [0.2, 0.25) is 0 Å². The van der Waals surface area contributed by atoms with Crippen molar-refractivity contribution in [3.8, 4) is 0 Å². The van der Waals surface area contributed by atoms with Crippen LogP contribution in [-0.2, 0) is 0 Å². The summed E-state index contributed by atoms with van der Waals surface area (Å²) in [5, 5.41) is 4.37. The highest BCUT2D eigenvalue weighted by Crippen LogP contribution is 2.25.